The summed E-state index contributed by atoms with van der Waals surface area (Å²) in [7, 11) is 0. The monoisotopic (exact) mass is 367 g/mol. The van der Waals surface area contributed by atoms with Crippen LogP contribution in [0, 0.1) is 24.0 Å². The zero-order valence-corrected chi connectivity index (χ0v) is 15.2. The molecular formula is C19H17N3O3S. The summed E-state index contributed by atoms with van der Waals surface area (Å²) in [5, 5.41) is 15.0. The standard InChI is InChI=1S/C19H17N3O3S/c1-12-9-13(2)18(15(10-12)22(24)25)21-17(23)11-26-16-7-3-5-14-6-4-8-20-19(14)16/h3-10H,11H2,1-2H3,(H,21,23). The number of aryl methyl sites for hydroxylation is 2. The molecule has 3 aromatic rings. The van der Waals surface area contributed by atoms with Crippen molar-refractivity contribution in [1.29, 1.82) is 0 Å². The molecule has 132 valence electrons. The van der Waals surface area contributed by atoms with Gasteiger partial charge in [-0.25, -0.2) is 0 Å². The van der Waals surface area contributed by atoms with Gasteiger partial charge in [0.1, 0.15) is 5.69 Å². The van der Waals surface area contributed by atoms with Gasteiger partial charge in [-0.1, -0.05) is 24.3 Å². The summed E-state index contributed by atoms with van der Waals surface area (Å²) < 4.78 is 0. The van der Waals surface area contributed by atoms with Crippen LogP contribution in [0.15, 0.2) is 53.6 Å². The minimum atomic E-state index is -0.475. The van der Waals surface area contributed by atoms with Crippen molar-refractivity contribution < 1.29 is 9.72 Å². The van der Waals surface area contributed by atoms with E-state index in [0.717, 1.165) is 21.4 Å². The van der Waals surface area contributed by atoms with E-state index in [4.69, 9.17) is 0 Å². The molecule has 1 aromatic heterocycles. The maximum absolute atomic E-state index is 12.4. The number of thioether (sulfide) groups is 1. The molecule has 0 bridgehead atoms. The Kier molecular flexibility index (Phi) is 5.18. The summed E-state index contributed by atoms with van der Waals surface area (Å²) >= 11 is 1.36. The van der Waals surface area contributed by atoms with Gasteiger partial charge in [-0.3, -0.25) is 19.9 Å². The first-order valence-electron chi connectivity index (χ1n) is 7.98. The van der Waals surface area contributed by atoms with Gasteiger partial charge in [0.05, 0.1) is 16.2 Å². The number of amides is 1. The van der Waals surface area contributed by atoms with E-state index in [1.165, 1.54) is 17.8 Å². The predicted octanol–water partition coefficient (Wildman–Crippen LogP) is 4.49. The zero-order valence-electron chi connectivity index (χ0n) is 14.4. The molecule has 0 aliphatic carbocycles. The molecule has 0 atom stereocenters. The topological polar surface area (TPSA) is 85.1 Å². The van der Waals surface area contributed by atoms with E-state index in [2.05, 4.69) is 10.3 Å². The number of hydrogen-bond donors (Lipinski definition) is 1. The highest BCUT2D eigenvalue weighted by Gasteiger charge is 2.19. The molecule has 1 heterocycles. The first kappa shape index (κ1) is 17.9. The number of pyridine rings is 1. The van der Waals surface area contributed by atoms with Crippen LogP contribution in [0.2, 0.25) is 0 Å². The second-order valence-corrected chi connectivity index (χ2v) is 6.92. The quantitative estimate of drug-likeness (QED) is 0.408. The number of para-hydroxylation sites is 1. The third-order valence-corrected chi connectivity index (χ3v) is 4.92. The average Bonchev–Trinajstić information content (AvgIpc) is 2.61. The largest absolute Gasteiger partial charge is 0.319 e. The van der Waals surface area contributed by atoms with Crippen molar-refractivity contribution in [3.05, 3.63) is 69.9 Å². The Labute approximate surface area is 154 Å². The fourth-order valence-electron chi connectivity index (χ4n) is 2.76. The first-order chi connectivity index (χ1) is 12.5. The number of anilines is 1. The SMILES string of the molecule is Cc1cc(C)c(NC(=O)CSc2cccc3cccnc23)c([N+](=O)[O-])c1. The van der Waals surface area contributed by atoms with Gasteiger partial charge < -0.3 is 5.32 Å². The molecule has 7 heteroatoms. The van der Waals surface area contributed by atoms with Crippen molar-refractivity contribution in [3.8, 4) is 0 Å². The number of hydrogen-bond acceptors (Lipinski definition) is 5. The Morgan fingerprint density at radius 2 is 2.00 bits per heavy atom. The number of nitro groups is 1. The average molecular weight is 367 g/mol. The van der Waals surface area contributed by atoms with E-state index < -0.39 is 4.92 Å². The molecule has 0 aliphatic heterocycles. The van der Waals surface area contributed by atoms with Gasteiger partial charge in [-0.2, -0.15) is 0 Å². The van der Waals surface area contributed by atoms with Crippen molar-refractivity contribution in [3.63, 3.8) is 0 Å². The summed E-state index contributed by atoms with van der Waals surface area (Å²) in [5.41, 5.74) is 2.45. The third kappa shape index (κ3) is 3.83. The van der Waals surface area contributed by atoms with E-state index >= 15 is 0 Å². The molecule has 0 saturated heterocycles. The second-order valence-electron chi connectivity index (χ2n) is 5.90. The fraction of sp³-hybridized carbons (Fsp3) is 0.158. The highest BCUT2D eigenvalue weighted by Crippen LogP contribution is 2.30. The number of carbonyl (C=O) groups excluding carboxylic acids is 1. The van der Waals surface area contributed by atoms with Crippen LogP contribution in [0.3, 0.4) is 0 Å². The summed E-state index contributed by atoms with van der Waals surface area (Å²) in [6.07, 6.45) is 1.71. The zero-order chi connectivity index (χ0) is 18.7. The Hall–Kier alpha value is -2.93. The van der Waals surface area contributed by atoms with Crippen molar-refractivity contribution in [2.75, 3.05) is 11.1 Å². The molecule has 0 saturated carbocycles. The number of aromatic nitrogens is 1. The Morgan fingerprint density at radius 1 is 1.23 bits per heavy atom. The van der Waals surface area contributed by atoms with E-state index in [-0.39, 0.29) is 23.0 Å². The molecule has 6 nitrogen and oxygen atoms in total. The van der Waals surface area contributed by atoms with E-state index in [1.54, 1.807) is 20.0 Å². The van der Waals surface area contributed by atoms with Crippen LogP contribution in [-0.2, 0) is 4.79 Å². The van der Waals surface area contributed by atoms with Crippen LogP contribution >= 0.6 is 11.8 Å². The molecule has 26 heavy (non-hydrogen) atoms. The lowest BCUT2D eigenvalue weighted by Gasteiger charge is -2.10. The molecule has 1 N–H and O–H groups in total. The number of rotatable bonds is 5. The maximum atomic E-state index is 12.4. The van der Waals surface area contributed by atoms with Gasteiger partial charge in [-0.15, -0.1) is 11.8 Å². The summed E-state index contributed by atoms with van der Waals surface area (Å²) in [6.45, 7) is 3.53. The molecule has 1 amide bonds. The lowest BCUT2D eigenvalue weighted by molar-refractivity contribution is -0.384. The van der Waals surface area contributed by atoms with Crippen LogP contribution in [0.25, 0.3) is 10.9 Å². The van der Waals surface area contributed by atoms with Crippen LogP contribution < -0.4 is 5.32 Å². The van der Waals surface area contributed by atoms with Crippen molar-refractivity contribution >= 4 is 39.9 Å². The van der Waals surface area contributed by atoms with Crippen LogP contribution in [0.4, 0.5) is 11.4 Å². The summed E-state index contributed by atoms with van der Waals surface area (Å²) in [5.74, 6) is -0.154. The minimum Gasteiger partial charge on any atom is -0.319 e. The molecule has 0 radical (unpaired) electrons. The molecule has 3 rings (SSSR count). The number of nitro benzene ring substituents is 1. The number of nitrogens with one attached hydrogen (secondary N) is 1. The normalized spacial score (nSPS) is 10.7. The molecule has 0 aliphatic rings. The van der Waals surface area contributed by atoms with Gasteiger partial charge in [0.15, 0.2) is 0 Å². The molecule has 0 fully saturated rings. The van der Waals surface area contributed by atoms with Gasteiger partial charge in [0, 0.05) is 22.5 Å². The predicted molar refractivity (Wildman–Crippen MR) is 104 cm³/mol. The van der Waals surface area contributed by atoms with Crippen molar-refractivity contribution in [1.82, 2.24) is 4.98 Å². The third-order valence-electron chi connectivity index (χ3n) is 3.87. The molecular weight excluding hydrogens is 350 g/mol. The smallest absolute Gasteiger partial charge is 0.293 e. The number of fused-ring (bicyclic) bond motifs is 1. The number of benzene rings is 2. The van der Waals surface area contributed by atoms with Gasteiger partial charge in [-0.05, 0) is 37.1 Å². The Bertz CT molecular complexity index is 999. The lowest BCUT2D eigenvalue weighted by Crippen LogP contribution is -2.16. The maximum Gasteiger partial charge on any atom is 0.293 e. The highest BCUT2D eigenvalue weighted by atomic mass is 32.2. The summed E-state index contributed by atoms with van der Waals surface area (Å²) in [6, 6.07) is 12.9. The van der Waals surface area contributed by atoms with Crippen molar-refractivity contribution in [2.45, 2.75) is 18.7 Å². The minimum absolute atomic E-state index is 0.0901. The number of carbonyl (C=O) groups is 1. The summed E-state index contributed by atoms with van der Waals surface area (Å²) in [4.78, 5) is 28.4. The van der Waals surface area contributed by atoms with Gasteiger partial charge in [0.25, 0.3) is 5.69 Å². The highest BCUT2D eigenvalue weighted by molar-refractivity contribution is 8.00. The number of nitrogens with zero attached hydrogens (tertiary/aromatic N) is 2. The van der Waals surface area contributed by atoms with Crippen LogP contribution in [0.1, 0.15) is 11.1 Å². The molecule has 0 unspecified atom stereocenters. The fourth-order valence-corrected chi connectivity index (χ4v) is 3.60. The lowest BCUT2D eigenvalue weighted by atomic mass is 10.1. The van der Waals surface area contributed by atoms with Gasteiger partial charge >= 0.3 is 0 Å². The first-order valence-corrected chi connectivity index (χ1v) is 8.96. The Morgan fingerprint density at radius 3 is 2.77 bits per heavy atom. The second kappa shape index (κ2) is 7.53. The van der Waals surface area contributed by atoms with E-state index in [1.807, 2.05) is 36.4 Å². The molecule has 0 spiro atoms. The van der Waals surface area contributed by atoms with Crippen molar-refractivity contribution in [2.24, 2.45) is 0 Å². The molecule has 2 aromatic carbocycles. The Balaban J connectivity index is 1.77. The van der Waals surface area contributed by atoms with E-state index in [0.29, 0.717) is 5.56 Å². The van der Waals surface area contributed by atoms with Gasteiger partial charge in [0.2, 0.25) is 5.91 Å². The van der Waals surface area contributed by atoms with Crippen LogP contribution in [0.5, 0.6) is 0 Å². The van der Waals surface area contributed by atoms with Crippen LogP contribution in [-0.4, -0.2) is 21.6 Å². The van der Waals surface area contributed by atoms with E-state index in [9.17, 15) is 14.9 Å².